The fourth-order valence-corrected chi connectivity index (χ4v) is 0.912. The van der Waals surface area contributed by atoms with E-state index in [9.17, 15) is 0 Å². The molecule has 2 nitrogen and oxygen atoms in total. The van der Waals surface area contributed by atoms with Gasteiger partial charge in [0.25, 0.3) is 0 Å². The van der Waals surface area contributed by atoms with E-state index in [0.717, 1.165) is 19.0 Å². The van der Waals surface area contributed by atoms with Crippen LogP contribution in [-0.2, 0) is 4.74 Å². The average Bonchev–Trinajstić information content (AvgIpc) is 2.36. The average molecular weight is 141 g/mol. The Morgan fingerprint density at radius 3 is 2.50 bits per heavy atom. The molecule has 0 saturated carbocycles. The van der Waals surface area contributed by atoms with Crippen LogP contribution in [0.1, 0.15) is 20.8 Å². The molecule has 0 aromatic rings. The van der Waals surface area contributed by atoms with Gasteiger partial charge in [-0.2, -0.15) is 0 Å². The molecule has 58 valence electrons. The lowest BCUT2D eigenvalue weighted by atomic mass is 9.98. The smallest absolute Gasteiger partial charge is 0.186 e. The minimum atomic E-state index is 0.488. The van der Waals surface area contributed by atoms with Crippen molar-refractivity contribution in [2.45, 2.75) is 20.8 Å². The van der Waals surface area contributed by atoms with Crippen LogP contribution >= 0.6 is 0 Å². The standard InChI is InChI=1S/C8H15NO/c1-6(2)7(3)8-9-4-5-10-8/h6-7H,4-5H2,1-3H3/t7-/m0/s1. The van der Waals surface area contributed by atoms with Crippen LogP contribution in [0.25, 0.3) is 0 Å². The van der Waals surface area contributed by atoms with Crippen LogP contribution in [0.3, 0.4) is 0 Å². The SMILES string of the molecule is CC(C)[C@H](C)C1=NCCO1. The maximum Gasteiger partial charge on any atom is 0.186 e. The van der Waals surface area contributed by atoms with E-state index < -0.39 is 0 Å². The number of hydrogen-bond acceptors (Lipinski definition) is 2. The van der Waals surface area contributed by atoms with Gasteiger partial charge in [0.1, 0.15) is 6.61 Å². The molecular weight excluding hydrogens is 126 g/mol. The van der Waals surface area contributed by atoms with Crippen molar-refractivity contribution in [2.75, 3.05) is 13.2 Å². The van der Waals surface area contributed by atoms with E-state index in [-0.39, 0.29) is 0 Å². The molecule has 10 heavy (non-hydrogen) atoms. The summed E-state index contributed by atoms with van der Waals surface area (Å²) >= 11 is 0. The predicted molar refractivity (Wildman–Crippen MR) is 42.3 cm³/mol. The lowest BCUT2D eigenvalue weighted by Gasteiger charge is -2.14. The number of nitrogens with zero attached hydrogens (tertiary/aromatic N) is 1. The second-order valence-electron chi connectivity index (χ2n) is 3.10. The van der Waals surface area contributed by atoms with Gasteiger partial charge >= 0.3 is 0 Å². The van der Waals surface area contributed by atoms with Gasteiger partial charge < -0.3 is 4.74 Å². The molecule has 0 aromatic heterocycles. The normalized spacial score (nSPS) is 20.6. The van der Waals surface area contributed by atoms with Crippen LogP contribution in [0.5, 0.6) is 0 Å². The Morgan fingerprint density at radius 1 is 1.40 bits per heavy atom. The van der Waals surface area contributed by atoms with E-state index in [1.807, 2.05) is 0 Å². The first-order valence-corrected chi connectivity index (χ1v) is 3.89. The minimum absolute atomic E-state index is 0.488. The van der Waals surface area contributed by atoms with Crippen molar-refractivity contribution in [1.29, 1.82) is 0 Å². The number of aliphatic imine (C=N–C) groups is 1. The van der Waals surface area contributed by atoms with Gasteiger partial charge in [-0.25, -0.2) is 0 Å². The zero-order chi connectivity index (χ0) is 7.56. The van der Waals surface area contributed by atoms with E-state index in [1.165, 1.54) is 0 Å². The molecule has 1 heterocycles. The first-order chi connectivity index (χ1) is 4.72. The largest absolute Gasteiger partial charge is 0.479 e. The number of ether oxygens (including phenoxy) is 1. The van der Waals surface area contributed by atoms with Gasteiger partial charge in [-0.3, -0.25) is 4.99 Å². The van der Waals surface area contributed by atoms with E-state index in [4.69, 9.17) is 4.74 Å². The Morgan fingerprint density at radius 2 is 2.10 bits per heavy atom. The summed E-state index contributed by atoms with van der Waals surface area (Å²) in [5.41, 5.74) is 0. The van der Waals surface area contributed by atoms with Crippen LogP contribution in [-0.4, -0.2) is 19.0 Å². The summed E-state index contributed by atoms with van der Waals surface area (Å²) in [6, 6.07) is 0. The first-order valence-electron chi connectivity index (χ1n) is 3.89. The third-order valence-corrected chi connectivity index (χ3v) is 2.00. The highest BCUT2D eigenvalue weighted by atomic mass is 16.5. The summed E-state index contributed by atoms with van der Waals surface area (Å²) in [6.45, 7) is 8.18. The maximum absolute atomic E-state index is 5.33. The van der Waals surface area contributed by atoms with Crippen LogP contribution in [0.2, 0.25) is 0 Å². The van der Waals surface area contributed by atoms with E-state index in [0.29, 0.717) is 11.8 Å². The second kappa shape index (κ2) is 3.04. The van der Waals surface area contributed by atoms with Crippen LogP contribution in [0, 0.1) is 11.8 Å². The monoisotopic (exact) mass is 141 g/mol. The zero-order valence-corrected chi connectivity index (χ0v) is 6.92. The highest BCUT2D eigenvalue weighted by molar-refractivity contribution is 5.79. The van der Waals surface area contributed by atoms with E-state index in [1.54, 1.807) is 0 Å². The summed E-state index contributed by atoms with van der Waals surface area (Å²) < 4.78 is 5.33. The Balaban J connectivity index is 2.47. The topological polar surface area (TPSA) is 21.6 Å². The third kappa shape index (κ3) is 1.49. The van der Waals surface area contributed by atoms with Crippen LogP contribution in [0.15, 0.2) is 4.99 Å². The molecule has 0 radical (unpaired) electrons. The Kier molecular flexibility index (Phi) is 2.30. The first kappa shape index (κ1) is 7.58. The van der Waals surface area contributed by atoms with Crippen molar-refractivity contribution in [3.8, 4) is 0 Å². The predicted octanol–water partition coefficient (Wildman–Crippen LogP) is 1.71. The summed E-state index contributed by atoms with van der Waals surface area (Å²) in [4.78, 5) is 4.25. The molecule has 0 fully saturated rings. The van der Waals surface area contributed by atoms with Crippen LogP contribution < -0.4 is 0 Å². The molecule has 0 unspecified atom stereocenters. The van der Waals surface area contributed by atoms with Gasteiger partial charge in [-0.05, 0) is 5.92 Å². The highest BCUT2D eigenvalue weighted by Gasteiger charge is 2.18. The van der Waals surface area contributed by atoms with Gasteiger partial charge in [0.05, 0.1) is 6.54 Å². The summed E-state index contributed by atoms with van der Waals surface area (Å²) in [5, 5.41) is 0. The number of hydrogen-bond donors (Lipinski definition) is 0. The van der Waals surface area contributed by atoms with Gasteiger partial charge in [0.2, 0.25) is 0 Å². The fraction of sp³-hybridized carbons (Fsp3) is 0.875. The molecule has 0 aromatic carbocycles. The molecule has 0 aliphatic carbocycles. The Labute approximate surface area is 62.3 Å². The molecule has 1 rings (SSSR count). The van der Waals surface area contributed by atoms with Gasteiger partial charge in [-0.1, -0.05) is 20.8 Å². The van der Waals surface area contributed by atoms with E-state index >= 15 is 0 Å². The van der Waals surface area contributed by atoms with Gasteiger partial charge in [0.15, 0.2) is 5.90 Å². The number of rotatable bonds is 2. The summed E-state index contributed by atoms with van der Waals surface area (Å²) in [6.07, 6.45) is 0. The van der Waals surface area contributed by atoms with Crippen molar-refractivity contribution in [3.05, 3.63) is 0 Å². The summed E-state index contributed by atoms with van der Waals surface area (Å²) in [7, 11) is 0. The molecule has 1 atom stereocenters. The molecule has 0 saturated heterocycles. The quantitative estimate of drug-likeness (QED) is 0.573. The van der Waals surface area contributed by atoms with Crippen molar-refractivity contribution < 1.29 is 4.74 Å². The van der Waals surface area contributed by atoms with Gasteiger partial charge in [-0.15, -0.1) is 0 Å². The van der Waals surface area contributed by atoms with Crippen molar-refractivity contribution in [2.24, 2.45) is 16.8 Å². The van der Waals surface area contributed by atoms with Crippen molar-refractivity contribution >= 4 is 5.90 Å². The van der Waals surface area contributed by atoms with Crippen molar-refractivity contribution in [1.82, 2.24) is 0 Å². The molecule has 0 amide bonds. The maximum atomic E-state index is 5.33. The highest BCUT2D eigenvalue weighted by Crippen LogP contribution is 2.14. The molecule has 1 aliphatic rings. The van der Waals surface area contributed by atoms with E-state index in [2.05, 4.69) is 25.8 Å². The lowest BCUT2D eigenvalue weighted by Crippen LogP contribution is -2.16. The molecule has 0 spiro atoms. The third-order valence-electron chi connectivity index (χ3n) is 2.00. The Bertz CT molecular complexity index is 140. The Hall–Kier alpha value is -0.530. The molecule has 0 N–H and O–H groups in total. The minimum Gasteiger partial charge on any atom is -0.479 e. The molecule has 2 heteroatoms. The lowest BCUT2D eigenvalue weighted by molar-refractivity contribution is 0.310. The zero-order valence-electron chi connectivity index (χ0n) is 6.92. The van der Waals surface area contributed by atoms with Crippen LogP contribution in [0.4, 0.5) is 0 Å². The molecular formula is C8H15NO. The fourth-order valence-electron chi connectivity index (χ4n) is 0.912. The summed E-state index contributed by atoms with van der Waals surface area (Å²) in [5.74, 6) is 2.08. The second-order valence-corrected chi connectivity index (χ2v) is 3.10. The van der Waals surface area contributed by atoms with Crippen molar-refractivity contribution in [3.63, 3.8) is 0 Å². The molecule has 1 aliphatic heterocycles. The van der Waals surface area contributed by atoms with Gasteiger partial charge in [0, 0.05) is 5.92 Å². The molecule has 0 bridgehead atoms.